The summed E-state index contributed by atoms with van der Waals surface area (Å²) in [6.45, 7) is 5.29. The molecule has 2 aromatic rings. The van der Waals surface area contributed by atoms with Crippen LogP contribution in [0.1, 0.15) is 36.8 Å². The number of nitrogens with zero attached hydrogens (tertiary/aromatic N) is 5. The molecule has 0 aromatic heterocycles. The lowest BCUT2D eigenvalue weighted by atomic mass is 9.91. The number of phenols is 1. The molecule has 49 heavy (non-hydrogen) atoms. The summed E-state index contributed by atoms with van der Waals surface area (Å²) in [5, 5.41) is 22.1. The Balaban J connectivity index is 1.05. The zero-order valence-corrected chi connectivity index (χ0v) is 27.8. The lowest BCUT2D eigenvalue weighted by molar-refractivity contribution is -0.143. The third kappa shape index (κ3) is 8.48. The van der Waals surface area contributed by atoms with Crippen LogP contribution in [0.15, 0.2) is 42.5 Å². The van der Waals surface area contributed by atoms with E-state index in [1.165, 1.54) is 6.07 Å². The Labute approximate surface area is 288 Å². The third-order valence-corrected chi connectivity index (χ3v) is 10.4. The van der Waals surface area contributed by atoms with Crippen molar-refractivity contribution in [3.8, 4) is 5.75 Å². The molecule has 0 saturated carbocycles. The van der Waals surface area contributed by atoms with Gasteiger partial charge in [-0.3, -0.25) is 19.4 Å². The number of aromatic hydroxyl groups is 1. The smallest absolute Gasteiger partial charge is 0.410 e. The second-order valence-corrected chi connectivity index (χ2v) is 13.5. The van der Waals surface area contributed by atoms with Gasteiger partial charge in [0.25, 0.3) is 5.91 Å². The molecule has 3 saturated heterocycles. The highest BCUT2D eigenvalue weighted by atomic mass is 16.6. The largest absolute Gasteiger partial charge is 0.509 e. The summed E-state index contributed by atoms with van der Waals surface area (Å²) in [6, 6.07) is 12.7. The predicted molar refractivity (Wildman–Crippen MR) is 183 cm³/mol. The molecule has 4 aliphatic heterocycles. The SMILES string of the molecule is [B]c1cc(C[C@@H](OC(=O)N2CCC(N3CCc4ccccc4NC3=O)CC2)C(=O)N2CCN(C3CCN(CC(=O)O)CC3)CC2)ccc1O. The van der Waals surface area contributed by atoms with Gasteiger partial charge in [0.1, 0.15) is 13.6 Å². The maximum atomic E-state index is 13.9. The van der Waals surface area contributed by atoms with Crippen molar-refractivity contribution in [3.63, 3.8) is 0 Å². The minimum atomic E-state index is -1.07. The van der Waals surface area contributed by atoms with Crippen LogP contribution in [0, 0.1) is 0 Å². The van der Waals surface area contributed by atoms with Crippen molar-refractivity contribution in [2.45, 2.75) is 56.7 Å². The van der Waals surface area contributed by atoms with Crippen LogP contribution in [-0.2, 0) is 27.2 Å². The summed E-state index contributed by atoms with van der Waals surface area (Å²) >= 11 is 0. The van der Waals surface area contributed by atoms with E-state index in [-0.39, 0.29) is 42.2 Å². The van der Waals surface area contributed by atoms with Gasteiger partial charge < -0.3 is 35.0 Å². The standard InChI is InChI=1S/C35H45BN6O7/c36-28-21-24(5-6-30(28)43)22-31(33(46)40-19-17-39(18-20-40)26-8-12-38(13-9-26)23-32(44)45)49-35(48)41-14-10-27(11-15-41)42-16-7-25-3-1-2-4-29(25)37-34(42)47/h1-6,21,26-27,31,43H,7-20,22-23H2,(H,37,47)(H,44,45)/t31-/m1/s1. The van der Waals surface area contributed by atoms with E-state index in [1.807, 2.05) is 34.1 Å². The van der Waals surface area contributed by atoms with Gasteiger partial charge in [0, 0.05) is 83.1 Å². The van der Waals surface area contributed by atoms with Crippen LogP contribution in [0.5, 0.6) is 5.75 Å². The monoisotopic (exact) mass is 672 g/mol. The van der Waals surface area contributed by atoms with Crippen LogP contribution < -0.4 is 10.8 Å². The summed E-state index contributed by atoms with van der Waals surface area (Å²) in [5.41, 5.74) is 2.79. The van der Waals surface area contributed by atoms with Crippen molar-refractivity contribution in [3.05, 3.63) is 53.6 Å². The van der Waals surface area contributed by atoms with E-state index in [0.29, 0.717) is 70.3 Å². The van der Waals surface area contributed by atoms with Gasteiger partial charge in [-0.1, -0.05) is 35.8 Å². The summed E-state index contributed by atoms with van der Waals surface area (Å²) in [5.74, 6) is -1.14. The maximum absolute atomic E-state index is 13.9. The summed E-state index contributed by atoms with van der Waals surface area (Å²) in [4.78, 5) is 61.2. The Morgan fingerprint density at radius 1 is 0.878 bits per heavy atom. The maximum Gasteiger partial charge on any atom is 0.410 e. The fourth-order valence-corrected chi connectivity index (χ4v) is 7.56. The number of amides is 4. The number of urea groups is 1. The molecule has 14 heteroatoms. The van der Waals surface area contributed by atoms with Crippen molar-refractivity contribution in [1.29, 1.82) is 0 Å². The second kappa shape index (κ2) is 15.5. The summed E-state index contributed by atoms with van der Waals surface area (Å²) in [7, 11) is 5.94. The van der Waals surface area contributed by atoms with Crippen molar-refractivity contribution in [2.75, 3.05) is 70.8 Å². The number of nitrogens with one attached hydrogen (secondary N) is 1. The molecule has 2 aromatic carbocycles. The van der Waals surface area contributed by atoms with Crippen LogP contribution in [-0.4, -0.2) is 150 Å². The number of carbonyl (C=O) groups is 4. The molecule has 260 valence electrons. The number of carbonyl (C=O) groups excluding carboxylic acids is 3. The van der Waals surface area contributed by atoms with Crippen LogP contribution in [0.3, 0.4) is 0 Å². The van der Waals surface area contributed by atoms with Crippen molar-refractivity contribution in [1.82, 2.24) is 24.5 Å². The third-order valence-electron chi connectivity index (χ3n) is 10.4. The number of fused-ring (bicyclic) bond motifs is 1. The van der Waals surface area contributed by atoms with Crippen LogP contribution >= 0.6 is 0 Å². The summed E-state index contributed by atoms with van der Waals surface area (Å²) in [6.07, 6.45) is 2.20. The number of ether oxygens (including phenoxy) is 1. The molecule has 0 spiro atoms. The molecular formula is C35H45BN6O7. The molecule has 13 nitrogen and oxygen atoms in total. The molecule has 4 heterocycles. The van der Waals surface area contributed by atoms with Gasteiger partial charge in [0.15, 0.2) is 6.10 Å². The summed E-state index contributed by atoms with van der Waals surface area (Å²) < 4.78 is 5.96. The number of hydrogen-bond acceptors (Lipinski definition) is 8. The fourth-order valence-electron chi connectivity index (χ4n) is 7.56. The number of para-hydroxylation sites is 1. The molecule has 3 fully saturated rings. The van der Waals surface area contributed by atoms with E-state index in [0.717, 1.165) is 43.6 Å². The number of carboxylic acids is 1. The van der Waals surface area contributed by atoms with E-state index < -0.39 is 18.2 Å². The molecule has 0 unspecified atom stereocenters. The number of likely N-dealkylation sites (tertiary alicyclic amines) is 2. The number of phenolic OH excluding ortho intramolecular Hbond substituents is 1. The van der Waals surface area contributed by atoms with Crippen LogP contribution in [0.25, 0.3) is 0 Å². The first-order valence-electron chi connectivity index (χ1n) is 17.3. The van der Waals surface area contributed by atoms with Gasteiger partial charge in [-0.05, 0) is 55.4 Å². The second-order valence-electron chi connectivity index (χ2n) is 13.5. The zero-order valence-electron chi connectivity index (χ0n) is 27.8. The van der Waals surface area contributed by atoms with Crippen molar-refractivity contribution < 1.29 is 34.1 Å². The predicted octanol–water partition coefficient (Wildman–Crippen LogP) is 1.48. The molecule has 0 bridgehead atoms. The van der Waals surface area contributed by atoms with Gasteiger partial charge in [0.05, 0.1) is 6.54 Å². The highest BCUT2D eigenvalue weighted by molar-refractivity contribution is 6.34. The zero-order chi connectivity index (χ0) is 34.5. The first-order valence-corrected chi connectivity index (χ1v) is 17.3. The first kappa shape index (κ1) is 34.6. The van der Waals surface area contributed by atoms with E-state index in [9.17, 15) is 24.3 Å². The lowest BCUT2D eigenvalue weighted by Crippen LogP contribution is -2.56. The Kier molecular flexibility index (Phi) is 10.9. The number of aliphatic carboxylic acids is 1. The van der Waals surface area contributed by atoms with Crippen molar-refractivity contribution >= 4 is 43.0 Å². The van der Waals surface area contributed by atoms with Gasteiger partial charge in [-0.15, -0.1) is 0 Å². The molecule has 0 aliphatic carbocycles. The average molecular weight is 673 g/mol. The lowest BCUT2D eigenvalue weighted by Gasteiger charge is -2.43. The Morgan fingerprint density at radius 3 is 2.27 bits per heavy atom. The van der Waals surface area contributed by atoms with Gasteiger partial charge in [-0.2, -0.15) is 0 Å². The Hall–Kier alpha value is -4.30. The quantitative estimate of drug-likeness (QED) is 0.355. The first-order chi connectivity index (χ1) is 23.6. The molecule has 3 N–H and O–H groups in total. The molecule has 1 atom stereocenters. The van der Waals surface area contributed by atoms with Gasteiger partial charge in [-0.25, -0.2) is 9.59 Å². The number of hydrogen-bond donors (Lipinski definition) is 3. The number of anilines is 1. The van der Waals surface area contributed by atoms with Crippen LogP contribution in [0.4, 0.5) is 15.3 Å². The van der Waals surface area contributed by atoms with E-state index in [4.69, 9.17) is 17.7 Å². The fraction of sp³-hybridized carbons (Fsp3) is 0.543. The van der Waals surface area contributed by atoms with E-state index in [2.05, 4.69) is 10.2 Å². The molecule has 6 rings (SSSR count). The van der Waals surface area contributed by atoms with Crippen molar-refractivity contribution in [2.24, 2.45) is 0 Å². The highest BCUT2D eigenvalue weighted by Crippen LogP contribution is 2.26. The minimum Gasteiger partial charge on any atom is -0.509 e. The Bertz CT molecular complexity index is 1520. The number of carboxylic acid groups (broad SMARTS) is 1. The molecule has 2 radical (unpaired) electrons. The topological polar surface area (TPSA) is 146 Å². The normalized spacial score (nSPS) is 20.7. The molecule has 4 amide bonds. The van der Waals surface area contributed by atoms with Gasteiger partial charge >= 0.3 is 18.1 Å². The average Bonchev–Trinajstić information content (AvgIpc) is 3.27. The number of rotatable bonds is 8. The number of piperidine rings is 2. The number of piperazine rings is 1. The molecule has 4 aliphatic rings. The molecular weight excluding hydrogens is 627 g/mol. The van der Waals surface area contributed by atoms with Gasteiger partial charge in [0.2, 0.25) is 0 Å². The highest BCUT2D eigenvalue weighted by Gasteiger charge is 2.36. The van der Waals surface area contributed by atoms with Crippen LogP contribution in [0.2, 0.25) is 0 Å². The Morgan fingerprint density at radius 2 is 1.57 bits per heavy atom. The van der Waals surface area contributed by atoms with E-state index >= 15 is 0 Å². The minimum absolute atomic E-state index is 0.0172. The number of benzene rings is 2. The van der Waals surface area contributed by atoms with E-state index in [1.54, 1.807) is 21.9 Å².